The van der Waals surface area contributed by atoms with Gasteiger partial charge in [-0.2, -0.15) is 0 Å². The summed E-state index contributed by atoms with van der Waals surface area (Å²) in [5.41, 5.74) is 0. The SMILES string of the molecule is C[C@@H]1CN(C(=O)CCn2ccnn2)C[C@H]1N1CCOCC1. The predicted octanol–water partition coefficient (Wildman–Crippen LogP) is -0.153. The molecule has 21 heavy (non-hydrogen) atoms. The number of amides is 1. The highest BCUT2D eigenvalue weighted by atomic mass is 16.5. The molecule has 2 aliphatic heterocycles. The number of likely N-dealkylation sites (tertiary alicyclic amines) is 1. The fourth-order valence-corrected chi connectivity index (χ4v) is 3.26. The maximum absolute atomic E-state index is 12.3. The molecule has 0 unspecified atom stereocenters. The summed E-state index contributed by atoms with van der Waals surface area (Å²) >= 11 is 0. The molecule has 0 radical (unpaired) electrons. The Morgan fingerprint density at radius 1 is 1.33 bits per heavy atom. The Hall–Kier alpha value is -1.47. The Bertz CT molecular complexity index is 458. The van der Waals surface area contributed by atoms with Crippen LogP contribution in [0.2, 0.25) is 0 Å². The van der Waals surface area contributed by atoms with Gasteiger partial charge >= 0.3 is 0 Å². The summed E-state index contributed by atoms with van der Waals surface area (Å²) in [5, 5.41) is 7.64. The van der Waals surface area contributed by atoms with Gasteiger partial charge in [0.05, 0.1) is 26.0 Å². The number of carbonyl (C=O) groups excluding carboxylic acids is 1. The average Bonchev–Trinajstić information content (AvgIpc) is 3.15. The summed E-state index contributed by atoms with van der Waals surface area (Å²) in [6, 6.07) is 0.476. The fourth-order valence-electron chi connectivity index (χ4n) is 3.26. The third-order valence-electron chi connectivity index (χ3n) is 4.47. The van der Waals surface area contributed by atoms with Crippen molar-refractivity contribution >= 4 is 5.91 Å². The molecule has 7 nitrogen and oxygen atoms in total. The second kappa shape index (κ2) is 6.53. The van der Waals surface area contributed by atoms with Gasteiger partial charge in [-0.15, -0.1) is 5.10 Å². The van der Waals surface area contributed by atoms with E-state index in [9.17, 15) is 4.79 Å². The Kier molecular flexibility index (Phi) is 4.50. The van der Waals surface area contributed by atoms with Crippen LogP contribution in [-0.4, -0.2) is 76.1 Å². The van der Waals surface area contributed by atoms with Gasteiger partial charge in [-0.1, -0.05) is 12.1 Å². The average molecular weight is 293 g/mol. The molecule has 0 N–H and O–H groups in total. The maximum atomic E-state index is 12.3. The number of aromatic nitrogens is 3. The van der Waals surface area contributed by atoms with Gasteiger partial charge in [-0.05, 0) is 5.92 Å². The van der Waals surface area contributed by atoms with Crippen LogP contribution in [0.15, 0.2) is 12.4 Å². The van der Waals surface area contributed by atoms with Crippen molar-refractivity contribution in [2.45, 2.75) is 25.9 Å². The number of carbonyl (C=O) groups is 1. The number of hydrogen-bond donors (Lipinski definition) is 0. The molecule has 2 saturated heterocycles. The minimum Gasteiger partial charge on any atom is -0.379 e. The van der Waals surface area contributed by atoms with Crippen LogP contribution < -0.4 is 0 Å². The van der Waals surface area contributed by atoms with E-state index in [1.165, 1.54) is 0 Å². The Labute approximate surface area is 124 Å². The van der Waals surface area contributed by atoms with Gasteiger partial charge in [0, 0.05) is 44.8 Å². The molecule has 2 atom stereocenters. The molecule has 3 heterocycles. The van der Waals surface area contributed by atoms with Crippen LogP contribution in [-0.2, 0) is 16.1 Å². The topological polar surface area (TPSA) is 63.5 Å². The molecule has 2 fully saturated rings. The van der Waals surface area contributed by atoms with Crippen molar-refractivity contribution in [1.82, 2.24) is 24.8 Å². The first-order valence-electron chi connectivity index (χ1n) is 7.67. The molecule has 0 aliphatic carbocycles. The minimum atomic E-state index is 0.216. The fraction of sp³-hybridized carbons (Fsp3) is 0.786. The number of morpholine rings is 1. The molecular weight excluding hydrogens is 270 g/mol. The highest BCUT2D eigenvalue weighted by molar-refractivity contribution is 5.76. The second-order valence-electron chi connectivity index (χ2n) is 5.91. The second-order valence-corrected chi connectivity index (χ2v) is 5.91. The van der Waals surface area contributed by atoms with Crippen molar-refractivity contribution in [3.05, 3.63) is 12.4 Å². The van der Waals surface area contributed by atoms with Crippen LogP contribution in [0.25, 0.3) is 0 Å². The first kappa shape index (κ1) is 14.5. The summed E-state index contributed by atoms with van der Waals surface area (Å²) in [6.07, 6.45) is 3.92. The number of ether oxygens (including phenoxy) is 1. The largest absolute Gasteiger partial charge is 0.379 e. The molecule has 7 heteroatoms. The Morgan fingerprint density at radius 2 is 2.14 bits per heavy atom. The highest BCUT2D eigenvalue weighted by Crippen LogP contribution is 2.23. The summed E-state index contributed by atoms with van der Waals surface area (Å²) in [5.74, 6) is 0.742. The van der Waals surface area contributed by atoms with Gasteiger partial charge in [-0.25, -0.2) is 0 Å². The Balaban J connectivity index is 1.51. The van der Waals surface area contributed by atoms with E-state index in [1.807, 2.05) is 4.90 Å². The monoisotopic (exact) mass is 293 g/mol. The standard InChI is InChI=1S/C14H23N5O2/c1-12-10-18(11-13(12)17-6-8-21-9-7-17)14(20)2-4-19-5-3-15-16-19/h3,5,12-13H,2,4,6-11H2,1H3/t12-,13-/m1/s1. The van der Waals surface area contributed by atoms with Gasteiger partial charge in [0.2, 0.25) is 5.91 Å². The van der Waals surface area contributed by atoms with E-state index in [0.717, 1.165) is 39.4 Å². The van der Waals surface area contributed by atoms with E-state index in [2.05, 4.69) is 22.1 Å². The molecule has 3 rings (SSSR count). The normalized spacial score (nSPS) is 27.2. The lowest BCUT2D eigenvalue weighted by Crippen LogP contribution is -2.47. The van der Waals surface area contributed by atoms with Crippen molar-refractivity contribution in [3.8, 4) is 0 Å². The molecule has 0 bridgehead atoms. The number of hydrogen-bond acceptors (Lipinski definition) is 5. The van der Waals surface area contributed by atoms with Crippen molar-refractivity contribution in [2.75, 3.05) is 39.4 Å². The van der Waals surface area contributed by atoms with E-state index in [-0.39, 0.29) is 5.91 Å². The molecule has 1 amide bonds. The lowest BCUT2D eigenvalue weighted by molar-refractivity contribution is -0.130. The van der Waals surface area contributed by atoms with Crippen molar-refractivity contribution in [3.63, 3.8) is 0 Å². The first-order valence-corrected chi connectivity index (χ1v) is 7.67. The third-order valence-corrected chi connectivity index (χ3v) is 4.47. The molecule has 1 aromatic heterocycles. The molecule has 0 spiro atoms. The van der Waals surface area contributed by atoms with E-state index < -0.39 is 0 Å². The zero-order chi connectivity index (χ0) is 14.7. The minimum absolute atomic E-state index is 0.216. The van der Waals surface area contributed by atoms with Gasteiger partial charge < -0.3 is 9.64 Å². The van der Waals surface area contributed by atoms with Crippen LogP contribution in [0.4, 0.5) is 0 Å². The summed E-state index contributed by atoms with van der Waals surface area (Å²) in [4.78, 5) is 16.8. The van der Waals surface area contributed by atoms with Crippen molar-refractivity contribution < 1.29 is 9.53 Å². The van der Waals surface area contributed by atoms with E-state index in [1.54, 1.807) is 17.1 Å². The quantitative estimate of drug-likeness (QED) is 0.772. The molecule has 116 valence electrons. The number of rotatable bonds is 4. The van der Waals surface area contributed by atoms with Gasteiger partial charge in [0.1, 0.15) is 0 Å². The Morgan fingerprint density at radius 3 is 2.86 bits per heavy atom. The highest BCUT2D eigenvalue weighted by Gasteiger charge is 2.36. The van der Waals surface area contributed by atoms with Crippen molar-refractivity contribution in [1.29, 1.82) is 0 Å². The first-order chi connectivity index (χ1) is 10.2. The number of aryl methyl sites for hydroxylation is 1. The van der Waals surface area contributed by atoms with Crippen LogP contribution in [0.5, 0.6) is 0 Å². The molecule has 2 aliphatic rings. The molecule has 1 aromatic rings. The molecule has 0 aromatic carbocycles. The van der Waals surface area contributed by atoms with Crippen molar-refractivity contribution in [2.24, 2.45) is 5.92 Å². The predicted molar refractivity (Wildman–Crippen MR) is 76.6 cm³/mol. The van der Waals surface area contributed by atoms with Crippen LogP contribution in [0.3, 0.4) is 0 Å². The maximum Gasteiger partial charge on any atom is 0.224 e. The van der Waals surface area contributed by atoms with E-state index >= 15 is 0 Å². The third kappa shape index (κ3) is 3.41. The smallest absolute Gasteiger partial charge is 0.224 e. The summed E-state index contributed by atoms with van der Waals surface area (Å²) in [6.45, 7) is 8.13. The van der Waals surface area contributed by atoms with E-state index in [4.69, 9.17) is 4.74 Å². The van der Waals surface area contributed by atoms with E-state index in [0.29, 0.717) is 24.9 Å². The lowest BCUT2D eigenvalue weighted by atomic mass is 10.0. The molecule has 0 saturated carbocycles. The van der Waals surface area contributed by atoms with Crippen LogP contribution in [0.1, 0.15) is 13.3 Å². The number of nitrogens with zero attached hydrogens (tertiary/aromatic N) is 5. The zero-order valence-corrected chi connectivity index (χ0v) is 12.5. The van der Waals surface area contributed by atoms with Gasteiger partial charge in [-0.3, -0.25) is 14.4 Å². The zero-order valence-electron chi connectivity index (χ0n) is 12.5. The van der Waals surface area contributed by atoms with Crippen LogP contribution in [0, 0.1) is 5.92 Å². The van der Waals surface area contributed by atoms with Gasteiger partial charge in [0.25, 0.3) is 0 Å². The molecular formula is C14H23N5O2. The summed E-state index contributed by atoms with van der Waals surface area (Å²) < 4.78 is 7.12. The lowest BCUT2D eigenvalue weighted by Gasteiger charge is -2.34. The summed E-state index contributed by atoms with van der Waals surface area (Å²) in [7, 11) is 0. The van der Waals surface area contributed by atoms with Gasteiger partial charge in [0.15, 0.2) is 0 Å². The van der Waals surface area contributed by atoms with Crippen LogP contribution >= 0.6 is 0 Å².